The molecule has 2 aromatic rings. The SMILES string of the molecule is CC(C)c1cncc(NC(=O)c2cccnc2)c1. The minimum Gasteiger partial charge on any atom is -0.321 e. The summed E-state index contributed by atoms with van der Waals surface area (Å²) in [7, 11) is 0. The molecule has 2 aromatic heterocycles. The van der Waals surface area contributed by atoms with Crippen molar-refractivity contribution in [2.45, 2.75) is 19.8 Å². The van der Waals surface area contributed by atoms with Crippen molar-refractivity contribution in [2.75, 3.05) is 5.32 Å². The van der Waals surface area contributed by atoms with Crippen LogP contribution in [0.15, 0.2) is 43.0 Å². The van der Waals surface area contributed by atoms with Crippen LogP contribution in [-0.4, -0.2) is 15.9 Å². The maximum absolute atomic E-state index is 11.9. The third kappa shape index (κ3) is 2.91. The van der Waals surface area contributed by atoms with Gasteiger partial charge in [-0.2, -0.15) is 0 Å². The van der Waals surface area contributed by atoms with E-state index in [1.165, 1.54) is 6.20 Å². The summed E-state index contributed by atoms with van der Waals surface area (Å²) in [5.74, 6) is 0.207. The van der Waals surface area contributed by atoms with E-state index in [-0.39, 0.29) is 5.91 Å². The highest BCUT2D eigenvalue weighted by molar-refractivity contribution is 6.03. The number of rotatable bonds is 3. The molecule has 0 spiro atoms. The summed E-state index contributed by atoms with van der Waals surface area (Å²) in [4.78, 5) is 20.0. The predicted molar refractivity (Wildman–Crippen MR) is 70.5 cm³/mol. The smallest absolute Gasteiger partial charge is 0.257 e. The number of anilines is 1. The first-order valence-corrected chi connectivity index (χ1v) is 5.83. The molecule has 0 aliphatic heterocycles. The maximum atomic E-state index is 11.9. The molecule has 2 heterocycles. The molecule has 0 aliphatic carbocycles. The average molecular weight is 241 g/mol. The van der Waals surface area contributed by atoms with Gasteiger partial charge in [-0.05, 0) is 29.7 Å². The summed E-state index contributed by atoms with van der Waals surface area (Å²) in [6.45, 7) is 4.17. The van der Waals surface area contributed by atoms with E-state index in [2.05, 4.69) is 29.1 Å². The van der Waals surface area contributed by atoms with Gasteiger partial charge >= 0.3 is 0 Å². The zero-order chi connectivity index (χ0) is 13.0. The van der Waals surface area contributed by atoms with Crippen molar-refractivity contribution < 1.29 is 4.79 Å². The predicted octanol–water partition coefficient (Wildman–Crippen LogP) is 2.85. The molecule has 4 nitrogen and oxygen atoms in total. The summed E-state index contributed by atoms with van der Waals surface area (Å²) in [6.07, 6.45) is 6.62. The van der Waals surface area contributed by atoms with E-state index in [1.54, 1.807) is 24.5 Å². The Morgan fingerprint density at radius 2 is 2.06 bits per heavy atom. The topological polar surface area (TPSA) is 54.9 Å². The first kappa shape index (κ1) is 12.2. The van der Waals surface area contributed by atoms with Crippen LogP contribution in [0.1, 0.15) is 35.7 Å². The van der Waals surface area contributed by atoms with Crippen molar-refractivity contribution in [3.05, 3.63) is 54.1 Å². The van der Waals surface area contributed by atoms with Gasteiger partial charge in [0.05, 0.1) is 17.4 Å². The Labute approximate surface area is 106 Å². The zero-order valence-electron chi connectivity index (χ0n) is 10.4. The molecule has 0 bridgehead atoms. The van der Waals surface area contributed by atoms with E-state index >= 15 is 0 Å². The van der Waals surface area contributed by atoms with Gasteiger partial charge in [-0.3, -0.25) is 14.8 Å². The Morgan fingerprint density at radius 3 is 2.72 bits per heavy atom. The van der Waals surface area contributed by atoms with Gasteiger partial charge in [0.1, 0.15) is 0 Å². The normalized spacial score (nSPS) is 10.4. The molecular formula is C14H15N3O. The maximum Gasteiger partial charge on any atom is 0.257 e. The quantitative estimate of drug-likeness (QED) is 0.899. The minimum absolute atomic E-state index is 0.175. The standard InChI is InChI=1S/C14H15N3O/c1-10(2)12-6-13(9-16-8-12)17-14(18)11-4-3-5-15-7-11/h3-10H,1-2H3,(H,17,18). The van der Waals surface area contributed by atoms with Crippen LogP contribution in [0.3, 0.4) is 0 Å². The summed E-state index contributed by atoms with van der Waals surface area (Å²) < 4.78 is 0. The van der Waals surface area contributed by atoms with Crippen molar-refractivity contribution in [3.8, 4) is 0 Å². The van der Waals surface area contributed by atoms with Gasteiger partial charge in [-0.1, -0.05) is 13.8 Å². The first-order valence-electron chi connectivity index (χ1n) is 5.83. The van der Waals surface area contributed by atoms with E-state index in [9.17, 15) is 4.79 Å². The Hall–Kier alpha value is -2.23. The number of nitrogens with one attached hydrogen (secondary N) is 1. The number of carbonyl (C=O) groups is 1. The lowest BCUT2D eigenvalue weighted by atomic mass is 10.1. The zero-order valence-corrected chi connectivity index (χ0v) is 10.4. The van der Waals surface area contributed by atoms with Gasteiger partial charge in [-0.25, -0.2) is 0 Å². The Kier molecular flexibility index (Phi) is 3.67. The minimum atomic E-state index is -0.175. The molecule has 2 rings (SSSR count). The molecule has 1 amide bonds. The molecule has 0 saturated carbocycles. The number of amides is 1. The fourth-order valence-electron chi connectivity index (χ4n) is 1.54. The van der Waals surface area contributed by atoms with Crippen molar-refractivity contribution in [3.63, 3.8) is 0 Å². The van der Waals surface area contributed by atoms with Crippen LogP contribution in [0.4, 0.5) is 5.69 Å². The largest absolute Gasteiger partial charge is 0.321 e. The molecule has 18 heavy (non-hydrogen) atoms. The highest BCUT2D eigenvalue weighted by Gasteiger charge is 2.07. The molecule has 0 fully saturated rings. The lowest BCUT2D eigenvalue weighted by molar-refractivity contribution is 0.102. The van der Waals surface area contributed by atoms with E-state index in [1.807, 2.05) is 12.3 Å². The molecule has 0 atom stereocenters. The van der Waals surface area contributed by atoms with Crippen molar-refractivity contribution >= 4 is 11.6 Å². The molecular weight excluding hydrogens is 226 g/mol. The van der Waals surface area contributed by atoms with Crippen molar-refractivity contribution in [1.29, 1.82) is 0 Å². The van der Waals surface area contributed by atoms with E-state index < -0.39 is 0 Å². The number of nitrogens with zero attached hydrogens (tertiary/aromatic N) is 2. The average Bonchev–Trinajstić information content (AvgIpc) is 2.40. The summed E-state index contributed by atoms with van der Waals surface area (Å²) in [6, 6.07) is 5.39. The van der Waals surface area contributed by atoms with Gasteiger partial charge in [0, 0.05) is 18.6 Å². The van der Waals surface area contributed by atoms with Crippen molar-refractivity contribution in [2.24, 2.45) is 0 Å². The van der Waals surface area contributed by atoms with Crippen LogP contribution in [0.25, 0.3) is 0 Å². The van der Waals surface area contributed by atoms with Crippen LogP contribution in [-0.2, 0) is 0 Å². The lowest BCUT2D eigenvalue weighted by Gasteiger charge is -2.08. The van der Waals surface area contributed by atoms with Gasteiger partial charge in [0.15, 0.2) is 0 Å². The monoisotopic (exact) mass is 241 g/mol. The Balaban J connectivity index is 2.15. The Morgan fingerprint density at radius 1 is 1.22 bits per heavy atom. The van der Waals surface area contributed by atoms with E-state index in [0.29, 0.717) is 17.2 Å². The van der Waals surface area contributed by atoms with Crippen molar-refractivity contribution in [1.82, 2.24) is 9.97 Å². The van der Waals surface area contributed by atoms with Crippen LogP contribution < -0.4 is 5.32 Å². The first-order chi connectivity index (χ1) is 8.66. The van der Waals surface area contributed by atoms with Gasteiger partial charge in [0.2, 0.25) is 0 Å². The fraction of sp³-hybridized carbons (Fsp3) is 0.214. The molecule has 0 aliphatic rings. The Bertz CT molecular complexity index is 538. The van der Waals surface area contributed by atoms with Crippen LogP contribution in [0, 0.1) is 0 Å². The molecule has 0 radical (unpaired) electrons. The van der Waals surface area contributed by atoms with Crippen LogP contribution in [0.5, 0.6) is 0 Å². The molecule has 92 valence electrons. The van der Waals surface area contributed by atoms with E-state index in [4.69, 9.17) is 0 Å². The second-order valence-corrected chi connectivity index (χ2v) is 4.36. The lowest BCUT2D eigenvalue weighted by Crippen LogP contribution is -2.12. The summed E-state index contributed by atoms with van der Waals surface area (Å²) >= 11 is 0. The molecule has 0 aromatic carbocycles. The number of hydrogen-bond acceptors (Lipinski definition) is 3. The van der Waals surface area contributed by atoms with Crippen LogP contribution in [0.2, 0.25) is 0 Å². The molecule has 1 N–H and O–H groups in total. The van der Waals surface area contributed by atoms with E-state index in [0.717, 1.165) is 5.56 Å². The number of hydrogen-bond donors (Lipinski definition) is 1. The second-order valence-electron chi connectivity index (χ2n) is 4.36. The fourth-order valence-corrected chi connectivity index (χ4v) is 1.54. The number of pyridine rings is 2. The third-order valence-electron chi connectivity index (χ3n) is 2.61. The third-order valence-corrected chi connectivity index (χ3v) is 2.61. The highest BCUT2D eigenvalue weighted by atomic mass is 16.1. The van der Waals surface area contributed by atoms with Gasteiger partial charge < -0.3 is 5.32 Å². The van der Waals surface area contributed by atoms with Gasteiger partial charge in [0.25, 0.3) is 5.91 Å². The second kappa shape index (κ2) is 5.40. The van der Waals surface area contributed by atoms with Crippen LogP contribution >= 0.6 is 0 Å². The number of carbonyl (C=O) groups excluding carboxylic acids is 1. The summed E-state index contributed by atoms with van der Waals surface area (Å²) in [5.41, 5.74) is 2.33. The number of aromatic nitrogens is 2. The molecule has 0 saturated heterocycles. The summed E-state index contributed by atoms with van der Waals surface area (Å²) in [5, 5.41) is 2.81. The molecule has 4 heteroatoms. The van der Waals surface area contributed by atoms with Gasteiger partial charge in [-0.15, -0.1) is 0 Å². The molecule has 0 unspecified atom stereocenters. The highest BCUT2D eigenvalue weighted by Crippen LogP contribution is 2.17.